The van der Waals surface area contributed by atoms with Crippen LogP contribution in [0.1, 0.15) is 6.92 Å². The highest BCUT2D eigenvalue weighted by Gasteiger charge is 2.07. The molecule has 1 aromatic carbocycles. The fraction of sp³-hybridized carbons (Fsp3) is 0.250. The molecular formula is C8H11NO3S. The Kier molecular flexibility index (Phi) is 2.90. The van der Waals surface area contributed by atoms with E-state index in [1.807, 2.05) is 6.92 Å². The number of rotatable bonds is 3. The van der Waals surface area contributed by atoms with Crippen LogP contribution in [0.5, 0.6) is 5.75 Å². The Morgan fingerprint density at radius 1 is 1.46 bits per heavy atom. The van der Waals surface area contributed by atoms with Crippen molar-refractivity contribution in [3.8, 4) is 5.75 Å². The van der Waals surface area contributed by atoms with E-state index in [-0.39, 0.29) is 4.90 Å². The Morgan fingerprint density at radius 2 is 2.15 bits per heavy atom. The predicted molar refractivity (Wildman–Crippen MR) is 49.0 cm³/mol. The van der Waals surface area contributed by atoms with Crippen molar-refractivity contribution in [2.45, 2.75) is 11.8 Å². The highest BCUT2D eigenvalue weighted by Crippen LogP contribution is 2.15. The Bertz CT molecular complexity index is 386. The molecule has 4 nitrogen and oxygen atoms in total. The molecule has 0 saturated carbocycles. The van der Waals surface area contributed by atoms with Crippen LogP contribution in [0.15, 0.2) is 29.2 Å². The van der Waals surface area contributed by atoms with E-state index >= 15 is 0 Å². The summed E-state index contributed by atoms with van der Waals surface area (Å²) in [4.78, 5) is 0.0680. The molecule has 72 valence electrons. The lowest BCUT2D eigenvalue weighted by Gasteiger charge is -2.03. The first kappa shape index (κ1) is 10.0. The maximum absolute atomic E-state index is 10.9. The lowest BCUT2D eigenvalue weighted by Crippen LogP contribution is -2.12. The van der Waals surface area contributed by atoms with Gasteiger partial charge in [0.1, 0.15) is 5.75 Å². The molecule has 0 aliphatic heterocycles. The smallest absolute Gasteiger partial charge is 0.238 e. The van der Waals surface area contributed by atoms with Crippen LogP contribution in [0, 0.1) is 0 Å². The van der Waals surface area contributed by atoms with Crippen LogP contribution < -0.4 is 9.88 Å². The Labute approximate surface area is 77.4 Å². The van der Waals surface area contributed by atoms with Gasteiger partial charge in [0.2, 0.25) is 10.0 Å². The first-order valence-electron chi connectivity index (χ1n) is 3.79. The van der Waals surface area contributed by atoms with E-state index in [1.54, 1.807) is 12.1 Å². The molecule has 0 bridgehead atoms. The fourth-order valence-corrected chi connectivity index (χ4v) is 1.46. The van der Waals surface area contributed by atoms with Crippen molar-refractivity contribution in [1.82, 2.24) is 0 Å². The minimum absolute atomic E-state index is 0.0680. The molecule has 0 radical (unpaired) electrons. The zero-order valence-electron chi connectivity index (χ0n) is 7.23. The molecule has 1 rings (SSSR count). The summed E-state index contributed by atoms with van der Waals surface area (Å²) in [5.41, 5.74) is 0. The van der Waals surface area contributed by atoms with E-state index < -0.39 is 10.0 Å². The van der Waals surface area contributed by atoms with Gasteiger partial charge in [0, 0.05) is 6.07 Å². The van der Waals surface area contributed by atoms with Gasteiger partial charge in [0.05, 0.1) is 11.5 Å². The van der Waals surface area contributed by atoms with Crippen LogP contribution in [-0.4, -0.2) is 15.0 Å². The molecule has 0 heterocycles. The van der Waals surface area contributed by atoms with Crippen LogP contribution in [-0.2, 0) is 10.0 Å². The summed E-state index contributed by atoms with van der Waals surface area (Å²) in [7, 11) is -3.62. The molecule has 5 heteroatoms. The minimum atomic E-state index is -3.62. The third-order valence-corrected chi connectivity index (χ3v) is 2.36. The number of hydrogen-bond acceptors (Lipinski definition) is 3. The Hall–Kier alpha value is -1.07. The van der Waals surface area contributed by atoms with Gasteiger partial charge in [0.25, 0.3) is 0 Å². The molecule has 0 aliphatic carbocycles. The second-order valence-corrected chi connectivity index (χ2v) is 4.01. The van der Waals surface area contributed by atoms with Crippen LogP contribution >= 0.6 is 0 Å². The fourth-order valence-electron chi connectivity index (χ4n) is 0.908. The molecule has 0 aromatic heterocycles. The van der Waals surface area contributed by atoms with Crippen molar-refractivity contribution >= 4 is 10.0 Å². The topological polar surface area (TPSA) is 69.4 Å². The summed E-state index contributed by atoms with van der Waals surface area (Å²) in [6, 6.07) is 6.10. The second-order valence-electron chi connectivity index (χ2n) is 2.45. The largest absolute Gasteiger partial charge is 0.494 e. The van der Waals surface area contributed by atoms with E-state index in [9.17, 15) is 8.42 Å². The summed E-state index contributed by atoms with van der Waals surface area (Å²) in [6.45, 7) is 2.32. The number of nitrogens with two attached hydrogens (primary N) is 1. The van der Waals surface area contributed by atoms with Gasteiger partial charge in [-0.3, -0.25) is 0 Å². The molecule has 0 atom stereocenters. The van der Waals surface area contributed by atoms with Crippen molar-refractivity contribution in [3.63, 3.8) is 0 Å². The lowest BCUT2D eigenvalue weighted by atomic mass is 10.3. The second kappa shape index (κ2) is 3.76. The van der Waals surface area contributed by atoms with Crippen LogP contribution in [0.25, 0.3) is 0 Å². The molecule has 0 spiro atoms. The molecule has 0 saturated heterocycles. The first-order valence-corrected chi connectivity index (χ1v) is 5.34. The van der Waals surface area contributed by atoms with Crippen LogP contribution in [0.2, 0.25) is 0 Å². The zero-order chi connectivity index (χ0) is 9.90. The van der Waals surface area contributed by atoms with Crippen molar-refractivity contribution in [2.24, 2.45) is 5.14 Å². The third-order valence-electron chi connectivity index (χ3n) is 1.45. The third kappa shape index (κ3) is 2.71. The SMILES string of the molecule is CCOc1cccc(S(N)(=O)=O)c1. The van der Waals surface area contributed by atoms with Gasteiger partial charge in [-0.2, -0.15) is 0 Å². The molecule has 1 aromatic rings. The van der Waals surface area contributed by atoms with Crippen LogP contribution in [0.4, 0.5) is 0 Å². The number of benzene rings is 1. The highest BCUT2D eigenvalue weighted by atomic mass is 32.2. The minimum Gasteiger partial charge on any atom is -0.494 e. The number of hydrogen-bond donors (Lipinski definition) is 1. The normalized spacial score (nSPS) is 11.2. The summed E-state index contributed by atoms with van der Waals surface area (Å²) in [5.74, 6) is 0.508. The summed E-state index contributed by atoms with van der Waals surface area (Å²) in [6.07, 6.45) is 0. The highest BCUT2D eigenvalue weighted by molar-refractivity contribution is 7.89. The summed E-state index contributed by atoms with van der Waals surface area (Å²) in [5, 5.41) is 4.94. The Balaban J connectivity index is 3.06. The first-order chi connectivity index (χ1) is 6.04. The van der Waals surface area contributed by atoms with E-state index in [0.717, 1.165) is 0 Å². The predicted octanol–water partition coefficient (Wildman–Crippen LogP) is 0.733. The molecule has 0 amide bonds. The molecule has 0 aliphatic rings. The Morgan fingerprint density at radius 3 is 2.69 bits per heavy atom. The summed E-state index contributed by atoms with van der Waals surface area (Å²) < 4.78 is 26.9. The van der Waals surface area contributed by atoms with E-state index in [1.165, 1.54) is 12.1 Å². The van der Waals surface area contributed by atoms with Gasteiger partial charge < -0.3 is 4.74 Å². The molecule has 0 fully saturated rings. The van der Waals surface area contributed by atoms with E-state index in [0.29, 0.717) is 12.4 Å². The van der Waals surface area contributed by atoms with E-state index in [4.69, 9.17) is 9.88 Å². The number of ether oxygens (including phenoxy) is 1. The number of sulfonamides is 1. The monoisotopic (exact) mass is 201 g/mol. The maximum Gasteiger partial charge on any atom is 0.238 e. The van der Waals surface area contributed by atoms with Crippen molar-refractivity contribution in [2.75, 3.05) is 6.61 Å². The summed E-state index contributed by atoms with van der Waals surface area (Å²) >= 11 is 0. The molecular weight excluding hydrogens is 190 g/mol. The average molecular weight is 201 g/mol. The van der Waals surface area contributed by atoms with Crippen molar-refractivity contribution in [3.05, 3.63) is 24.3 Å². The van der Waals surface area contributed by atoms with Crippen molar-refractivity contribution < 1.29 is 13.2 Å². The lowest BCUT2D eigenvalue weighted by molar-refractivity contribution is 0.339. The van der Waals surface area contributed by atoms with Gasteiger partial charge in [-0.15, -0.1) is 0 Å². The van der Waals surface area contributed by atoms with Gasteiger partial charge in [-0.1, -0.05) is 6.07 Å². The van der Waals surface area contributed by atoms with E-state index in [2.05, 4.69) is 0 Å². The van der Waals surface area contributed by atoms with Gasteiger partial charge in [-0.05, 0) is 19.1 Å². The molecule has 0 unspecified atom stereocenters. The maximum atomic E-state index is 10.9. The van der Waals surface area contributed by atoms with Crippen LogP contribution in [0.3, 0.4) is 0 Å². The number of primary sulfonamides is 1. The standard InChI is InChI=1S/C8H11NO3S/c1-2-12-7-4-3-5-8(6-7)13(9,10)11/h3-6H,2H2,1H3,(H2,9,10,11). The quantitative estimate of drug-likeness (QED) is 0.783. The van der Waals surface area contributed by atoms with Gasteiger partial charge >= 0.3 is 0 Å². The zero-order valence-corrected chi connectivity index (χ0v) is 8.04. The molecule has 2 N–H and O–H groups in total. The van der Waals surface area contributed by atoms with Gasteiger partial charge in [-0.25, -0.2) is 13.6 Å². The van der Waals surface area contributed by atoms with Gasteiger partial charge in [0.15, 0.2) is 0 Å². The molecule has 13 heavy (non-hydrogen) atoms. The average Bonchev–Trinajstić information content (AvgIpc) is 2.04. The van der Waals surface area contributed by atoms with Crippen molar-refractivity contribution in [1.29, 1.82) is 0 Å².